The first-order valence-electron chi connectivity index (χ1n) is 16.3. The Morgan fingerprint density at radius 1 is 0.388 bits per heavy atom. The van der Waals surface area contributed by atoms with Crippen molar-refractivity contribution in [2.24, 2.45) is 0 Å². The molecule has 10 rings (SSSR count). The van der Waals surface area contributed by atoms with Crippen LogP contribution in [0, 0.1) is 0 Å². The van der Waals surface area contributed by atoms with Crippen LogP contribution in [0.2, 0.25) is 0 Å². The first-order valence-corrected chi connectivity index (χ1v) is 16.3. The van der Waals surface area contributed by atoms with Gasteiger partial charge in [-0.15, -0.1) is 0 Å². The Morgan fingerprint density at radius 2 is 1.02 bits per heavy atom. The quantitative estimate of drug-likeness (QED) is 0.182. The lowest BCUT2D eigenvalue weighted by atomic mass is 9.95. The fourth-order valence-corrected chi connectivity index (χ4v) is 7.14. The molecule has 0 saturated heterocycles. The monoisotopic (exact) mass is 626 g/mol. The second kappa shape index (κ2) is 10.9. The molecule has 3 aromatic heterocycles. The highest BCUT2D eigenvalue weighted by Gasteiger charge is 2.21. The fraction of sp³-hybridized carbons (Fsp3) is 0. The van der Waals surface area contributed by atoms with Gasteiger partial charge in [0, 0.05) is 33.7 Å². The maximum absolute atomic E-state index is 6.45. The van der Waals surface area contributed by atoms with Gasteiger partial charge in [0.2, 0.25) is 5.71 Å². The average molecular weight is 627 g/mol. The van der Waals surface area contributed by atoms with Crippen molar-refractivity contribution < 1.29 is 4.42 Å². The standard InChI is InChI=1S/C44H26N4O/c1-2-13-28(14-3-1)41-46-42(48-43(47-41)38-26-29-15-5-6-16-30(29)32-18-8-9-19-33(32)38)36-21-11-10-20-34(36)35-24-25-45-44-39(35)37-23-22-27-12-4-7-17-31(27)40(37)49-44/h1-26H. The SMILES string of the molecule is c1ccc(-c2nc(-c3ccccc3-c3ccnc4oc5c6ccccc6ccc5c34)nc(-c3cc4ccccc4c4ccccc34)n2)cc1. The van der Waals surface area contributed by atoms with Gasteiger partial charge >= 0.3 is 0 Å². The third kappa shape index (κ3) is 4.40. The summed E-state index contributed by atoms with van der Waals surface area (Å²) in [7, 11) is 0. The summed E-state index contributed by atoms with van der Waals surface area (Å²) in [4.78, 5) is 20.2. The molecule has 228 valence electrons. The number of aromatic nitrogens is 4. The average Bonchev–Trinajstić information content (AvgIpc) is 3.57. The number of rotatable bonds is 4. The fourth-order valence-electron chi connectivity index (χ4n) is 7.14. The van der Waals surface area contributed by atoms with E-state index in [1.54, 1.807) is 0 Å². The first-order chi connectivity index (χ1) is 24.3. The molecule has 0 aliphatic carbocycles. The second-order valence-corrected chi connectivity index (χ2v) is 12.2. The van der Waals surface area contributed by atoms with Crippen molar-refractivity contribution in [3.8, 4) is 45.3 Å². The molecule has 5 nitrogen and oxygen atoms in total. The van der Waals surface area contributed by atoms with E-state index in [0.717, 1.165) is 71.1 Å². The molecule has 0 atom stereocenters. The summed E-state index contributed by atoms with van der Waals surface area (Å²) in [6, 6.07) is 52.2. The minimum atomic E-state index is 0.597. The lowest BCUT2D eigenvalue weighted by molar-refractivity contribution is 0.658. The summed E-state index contributed by atoms with van der Waals surface area (Å²) in [6.45, 7) is 0. The van der Waals surface area contributed by atoms with Gasteiger partial charge in [-0.05, 0) is 56.3 Å². The minimum absolute atomic E-state index is 0.597. The van der Waals surface area contributed by atoms with Gasteiger partial charge in [0.15, 0.2) is 17.5 Å². The smallest absolute Gasteiger partial charge is 0.227 e. The lowest BCUT2D eigenvalue weighted by Gasteiger charge is -2.14. The van der Waals surface area contributed by atoms with Crippen LogP contribution in [0.3, 0.4) is 0 Å². The predicted molar refractivity (Wildman–Crippen MR) is 199 cm³/mol. The molecule has 0 unspecified atom stereocenters. The molecule has 0 amide bonds. The van der Waals surface area contributed by atoms with Gasteiger partial charge in [-0.1, -0.05) is 133 Å². The van der Waals surface area contributed by atoms with Crippen LogP contribution in [0.4, 0.5) is 0 Å². The molecule has 0 radical (unpaired) electrons. The van der Waals surface area contributed by atoms with E-state index in [9.17, 15) is 0 Å². The Labute approximate surface area is 281 Å². The molecule has 0 bridgehead atoms. The maximum Gasteiger partial charge on any atom is 0.227 e. The zero-order chi connectivity index (χ0) is 32.3. The molecule has 0 saturated carbocycles. The van der Waals surface area contributed by atoms with Gasteiger partial charge in [-0.2, -0.15) is 0 Å². The van der Waals surface area contributed by atoms with Crippen LogP contribution in [0.15, 0.2) is 162 Å². The Kier molecular flexibility index (Phi) is 6.11. The Morgan fingerprint density at radius 3 is 1.86 bits per heavy atom. The van der Waals surface area contributed by atoms with Crippen molar-refractivity contribution in [1.29, 1.82) is 0 Å². The molecule has 7 aromatic carbocycles. The summed E-state index contributed by atoms with van der Waals surface area (Å²) >= 11 is 0. The molecule has 0 aliphatic rings. The van der Waals surface area contributed by atoms with Crippen LogP contribution < -0.4 is 0 Å². The number of hydrogen-bond donors (Lipinski definition) is 0. The number of furan rings is 1. The summed E-state index contributed by atoms with van der Waals surface area (Å²) < 4.78 is 6.45. The van der Waals surface area contributed by atoms with E-state index < -0.39 is 0 Å². The summed E-state index contributed by atoms with van der Waals surface area (Å²) in [5.74, 6) is 1.84. The normalized spacial score (nSPS) is 11.7. The number of hydrogen-bond acceptors (Lipinski definition) is 5. The number of nitrogens with zero attached hydrogens (tertiary/aromatic N) is 4. The van der Waals surface area contributed by atoms with Gasteiger partial charge in [0.05, 0.1) is 5.39 Å². The third-order valence-electron chi connectivity index (χ3n) is 9.40. The largest absolute Gasteiger partial charge is 0.437 e. The van der Waals surface area contributed by atoms with Crippen LogP contribution in [0.25, 0.3) is 99.7 Å². The van der Waals surface area contributed by atoms with Crippen molar-refractivity contribution in [2.75, 3.05) is 0 Å². The van der Waals surface area contributed by atoms with Crippen molar-refractivity contribution in [3.05, 3.63) is 158 Å². The number of fused-ring (bicyclic) bond motifs is 8. The van der Waals surface area contributed by atoms with Gasteiger partial charge in [0.1, 0.15) is 5.58 Å². The summed E-state index contributed by atoms with van der Waals surface area (Å²) in [5, 5.41) is 8.78. The zero-order valence-corrected chi connectivity index (χ0v) is 26.2. The highest BCUT2D eigenvalue weighted by molar-refractivity contribution is 6.19. The highest BCUT2D eigenvalue weighted by Crippen LogP contribution is 2.42. The van der Waals surface area contributed by atoms with Crippen LogP contribution in [0.5, 0.6) is 0 Å². The molecule has 0 N–H and O–H groups in total. The van der Waals surface area contributed by atoms with E-state index in [-0.39, 0.29) is 0 Å². The molecule has 3 heterocycles. The summed E-state index contributed by atoms with van der Waals surface area (Å²) in [6.07, 6.45) is 1.81. The molecular weight excluding hydrogens is 601 g/mol. The van der Waals surface area contributed by atoms with Gasteiger partial charge in [-0.3, -0.25) is 0 Å². The van der Waals surface area contributed by atoms with E-state index in [1.807, 2.05) is 54.7 Å². The Balaban J connectivity index is 1.25. The third-order valence-corrected chi connectivity index (χ3v) is 9.40. The van der Waals surface area contributed by atoms with E-state index in [1.165, 1.54) is 5.39 Å². The number of benzene rings is 7. The van der Waals surface area contributed by atoms with Crippen molar-refractivity contribution in [1.82, 2.24) is 19.9 Å². The minimum Gasteiger partial charge on any atom is -0.437 e. The van der Waals surface area contributed by atoms with Crippen molar-refractivity contribution in [2.45, 2.75) is 0 Å². The van der Waals surface area contributed by atoms with E-state index in [4.69, 9.17) is 19.4 Å². The molecule has 0 spiro atoms. The van der Waals surface area contributed by atoms with Gasteiger partial charge in [-0.25, -0.2) is 19.9 Å². The topological polar surface area (TPSA) is 64.7 Å². The molecular formula is C44H26N4O. The van der Waals surface area contributed by atoms with E-state index in [2.05, 4.69) is 108 Å². The first kappa shape index (κ1) is 27.4. The van der Waals surface area contributed by atoms with Gasteiger partial charge < -0.3 is 4.42 Å². The van der Waals surface area contributed by atoms with Crippen molar-refractivity contribution in [3.63, 3.8) is 0 Å². The van der Waals surface area contributed by atoms with Crippen LogP contribution in [0.1, 0.15) is 0 Å². The lowest BCUT2D eigenvalue weighted by Crippen LogP contribution is -2.01. The predicted octanol–water partition coefficient (Wildman–Crippen LogP) is 11.3. The van der Waals surface area contributed by atoms with Crippen LogP contribution in [-0.4, -0.2) is 19.9 Å². The van der Waals surface area contributed by atoms with E-state index in [0.29, 0.717) is 23.2 Å². The number of pyridine rings is 1. The van der Waals surface area contributed by atoms with E-state index >= 15 is 0 Å². The Hall–Kier alpha value is -6.72. The van der Waals surface area contributed by atoms with Crippen LogP contribution in [-0.2, 0) is 0 Å². The highest BCUT2D eigenvalue weighted by atomic mass is 16.3. The molecule has 0 aliphatic heterocycles. The zero-order valence-electron chi connectivity index (χ0n) is 26.2. The molecule has 5 heteroatoms. The van der Waals surface area contributed by atoms with Crippen LogP contribution >= 0.6 is 0 Å². The second-order valence-electron chi connectivity index (χ2n) is 12.2. The Bertz CT molecular complexity index is 2890. The van der Waals surface area contributed by atoms with Gasteiger partial charge in [0.25, 0.3) is 0 Å². The van der Waals surface area contributed by atoms with Crippen molar-refractivity contribution >= 4 is 54.4 Å². The molecule has 0 fully saturated rings. The molecule has 10 aromatic rings. The molecule has 49 heavy (non-hydrogen) atoms. The summed E-state index contributed by atoms with van der Waals surface area (Å²) in [5.41, 5.74) is 6.22. The maximum atomic E-state index is 6.45.